The minimum Gasteiger partial charge on any atom is -0.326 e. The van der Waals surface area contributed by atoms with E-state index in [4.69, 9.17) is 0 Å². The average Bonchev–Trinajstić information content (AvgIpc) is 2.56. The van der Waals surface area contributed by atoms with Gasteiger partial charge in [0.2, 0.25) is 11.8 Å². The standard InChI is InChI=1S/C20H21F3N2O2/c1-12(2)16-6-4-5-13(3)19(16)25-18(27)11-17(26)24-15-9-7-14(8-10-15)20(21,22)23/h4-10,12H,11H2,1-3H3,(H,24,26)(H,25,27). The number of benzene rings is 2. The maximum absolute atomic E-state index is 12.5. The number of rotatable bonds is 5. The van der Waals surface area contributed by atoms with Crippen molar-refractivity contribution in [2.24, 2.45) is 0 Å². The molecule has 0 atom stereocenters. The molecule has 27 heavy (non-hydrogen) atoms. The summed E-state index contributed by atoms with van der Waals surface area (Å²) in [6.45, 7) is 5.87. The first-order valence-electron chi connectivity index (χ1n) is 8.44. The van der Waals surface area contributed by atoms with Crippen molar-refractivity contribution in [3.8, 4) is 0 Å². The number of carbonyl (C=O) groups is 2. The van der Waals surface area contributed by atoms with Crippen molar-refractivity contribution in [1.29, 1.82) is 0 Å². The van der Waals surface area contributed by atoms with Crippen LogP contribution in [0, 0.1) is 6.92 Å². The smallest absolute Gasteiger partial charge is 0.326 e. The van der Waals surface area contributed by atoms with E-state index in [1.54, 1.807) is 0 Å². The zero-order valence-electron chi connectivity index (χ0n) is 15.3. The van der Waals surface area contributed by atoms with Gasteiger partial charge >= 0.3 is 6.18 Å². The predicted octanol–water partition coefficient (Wildman–Crippen LogP) is 5.10. The average molecular weight is 378 g/mol. The molecule has 2 rings (SSSR count). The number of nitrogens with one attached hydrogen (secondary N) is 2. The highest BCUT2D eigenvalue weighted by Crippen LogP contribution is 2.30. The minimum absolute atomic E-state index is 0.194. The van der Waals surface area contributed by atoms with Crippen LogP contribution in [0.5, 0.6) is 0 Å². The first-order valence-corrected chi connectivity index (χ1v) is 8.44. The van der Waals surface area contributed by atoms with Crippen molar-refractivity contribution in [3.05, 3.63) is 59.2 Å². The molecule has 0 heterocycles. The number of halogens is 3. The summed E-state index contributed by atoms with van der Waals surface area (Å²) in [6.07, 6.45) is -4.88. The van der Waals surface area contributed by atoms with Crippen molar-refractivity contribution in [1.82, 2.24) is 0 Å². The maximum Gasteiger partial charge on any atom is 0.416 e. The zero-order valence-corrected chi connectivity index (χ0v) is 15.3. The molecule has 144 valence electrons. The largest absolute Gasteiger partial charge is 0.416 e. The van der Waals surface area contributed by atoms with Crippen LogP contribution in [0.2, 0.25) is 0 Å². The molecular formula is C20H21F3N2O2. The van der Waals surface area contributed by atoms with Gasteiger partial charge in [0.25, 0.3) is 0 Å². The van der Waals surface area contributed by atoms with Gasteiger partial charge in [-0.05, 0) is 48.2 Å². The van der Waals surface area contributed by atoms with E-state index < -0.39 is 30.0 Å². The van der Waals surface area contributed by atoms with Crippen LogP contribution >= 0.6 is 0 Å². The third kappa shape index (κ3) is 5.57. The molecular weight excluding hydrogens is 357 g/mol. The number of carbonyl (C=O) groups excluding carboxylic acids is 2. The van der Waals surface area contributed by atoms with Crippen LogP contribution in [-0.2, 0) is 15.8 Å². The summed E-state index contributed by atoms with van der Waals surface area (Å²) >= 11 is 0. The van der Waals surface area contributed by atoms with E-state index in [0.717, 1.165) is 35.4 Å². The molecule has 0 radical (unpaired) electrons. The van der Waals surface area contributed by atoms with E-state index in [0.29, 0.717) is 5.69 Å². The highest BCUT2D eigenvalue weighted by atomic mass is 19.4. The molecule has 7 heteroatoms. The van der Waals surface area contributed by atoms with Gasteiger partial charge in [0.1, 0.15) is 6.42 Å². The van der Waals surface area contributed by atoms with Crippen LogP contribution in [0.3, 0.4) is 0 Å². The molecule has 0 unspecified atom stereocenters. The van der Waals surface area contributed by atoms with Gasteiger partial charge in [0, 0.05) is 11.4 Å². The molecule has 0 saturated carbocycles. The topological polar surface area (TPSA) is 58.2 Å². The summed E-state index contributed by atoms with van der Waals surface area (Å²) < 4.78 is 37.6. The third-order valence-corrected chi connectivity index (χ3v) is 4.01. The Balaban J connectivity index is 2.00. The maximum atomic E-state index is 12.5. The second-order valence-corrected chi connectivity index (χ2v) is 6.54. The Morgan fingerprint density at radius 3 is 2.11 bits per heavy atom. The van der Waals surface area contributed by atoms with Gasteiger partial charge in [-0.25, -0.2) is 0 Å². The Morgan fingerprint density at radius 2 is 1.56 bits per heavy atom. The summed E-state index contributed by atoms with van der Waals surface area (Å²) in [5, 5.41) is 5.18. The molecule has 0 aliphatic rings. The molecule has 0 fully saturated rings. The summed E-state index contributed by atoms with van der Waals surface area (Å²) in [5.41, 5.74) is 1.92. The summed E-state index contributed by atoms with van der Waals surface area (Å²) in [4.78, 5) is 24.2. The van der Waals surface area contributed by atoms with Gasteiger partial charge in [-0.15, -0.1) is 0 Å². The van der Waals surface area contributed by atoms with E-state index in [9.17, 15) is 22.8 Å². The van der Waals surface area contributed by atoms with Crippen LogP contribution < -0.4 is 10.6 Å². The number of aryl methyl sites for hydroxylation is 1. The number of alkyl halides is 3. The fourth-order valence-electron chi connectivity index (χ4n) is 2.62. The van der Waals surface area contributed by atoms with E-state index in [1.165, 1.54) is 0 Å². The van der Waals surface area contributed by atoms with Crippen molar-refractivity contribution in [2.45, 2.75) is 39.3 Å². The Morgan fingerprint density at radius 1 is 0.963 bits per heavy atom. The van der Waals surface area contributed by atoms with E-state index >= 15 is 0 Å². The Hall–Kier alpha value is -2.83. The van der Waals surface area contributed by atoms with Gasteiger partial charge in [0.15, 0.2) is 0 Å². The molecule has 0 aliphatic carbocycles. The quantitative estimate of drug-likeness (QED) is 0.711. The SMILES string of the molecule is Cc1cccc(C(C)C)c1NC(=O)CC(=O)Nc1ccc(C(F)(F)F)cc1. The number of hydrogen-bond donors (Lipinski definition) is 2. The van der Waals surface area contributed by atoms with Gasteiger partial charge in [0.05, 0.1) is 5.56 Å². The number of amides is 2. The molecule has 2 N–H and O–H groups in total. The van der Waals surface area contributed by atoms with E-state index in [2.05, 4.69) is 10.6 Å². The number of anilines is 2. The van der Waals surface area contributed by atoms with Crippen LogP contribution in [0.25, 0.3) is 0 Å². The second-order valence-electron chi connectivity index (χ2n) is 6.54. The van der Waals surface area contributed by atoms with Gasteiger partial charge in [-0.1, -0.05) is 32.0 Å². The van der Waals surface area contributed by atoms with Gasteiger partial charge in [-0.3, -0.25) is 9.59 Å². The minimum atomic E-state index is -4.44. The fourth-order valence-corrected chi connectivity index (χ4v) is 2.62. The monoisotopic (exact) mass is 378 g/mol. The highest BCUT2D eigenvalue weighted by Gasteiger charge is 2.30. The first kappa shape index (κ1) is 20.5. The molecule has 0 aliphatic heterocycles. The van der Waals surface area contributed by atoms with Crippen LogP contribution in [0.1, 0.15) is 42.9 Å². The van der Waals surface area contributed by atoms with Crippen LogP contribution in [-0.4, -0.2) is 11.8 Å². The Labute approximate surface area is 155 Å². The molecule has 2 aromatic carbocycles. The fraction of sp³-hybridized carbons (Fsp3) is 0.300. The van der Waals surface area contributed by atoms with Crippen molar-refractivity contribution >= 4 is 23.2 Å². The lowest BCUT2D eigenvalue weighted by molar-refractivity contribution is -0.137. The van der Waals surface area contributed by atoms with Gasteiger partial charge < -0.3 is 10.6 Å². The number of para-hydroxylation sites is 1. The summed E-state index contributed by atoms with van der Waals surface area (Å²) in [5.74, 6) is -0.899. The Kier molecular flexibility index (Phi) is 6.25. The second kappa shape index (κ2) is 8.24. The molecule has 0 spiro atoms. The molecule has 0 saturated heterocycles. The first-order chi connectivity index (χ1) is 12.6. The van der Waals surface area contributed by atoms with Crippen LogP contribution in [0.15, 0.2) is 42.5 Å². The lowest BCUT2D eigenvalue weighted by Crippen LogP contribution is -2.22. The Bertz CT molecular complexity index is 828. The molecule has 0 aromatic heterocycles. The molecule has 4 nitrogen and oxygen atoms in total. The highest BCUT2D eigenvalue weighted by molar-refractivity contribution is 6.08. The normalized spacial score (nSPS) is 11.4. The van der Waals surface area contributed by atoms with Crippen molar-refractivity contribution in [3.63, 3.8) is 0 Å². The van der Waals surface area contributed by atoms with E-state index in [1.807, 2.05) is 39.0 Å². The third-order valence-electron chi connectivity index (χ3n) is 4.01. The van der Waals surface area contributed by atoms with Gasteiger partial charge in [-0.2, -0.15) is 13.2 Å². The van der Waals surface area contributed by atoms with Crippen molar-refractivity contribution in [2.75, 3.05) is 10.6 Å². The predicted molar refractivity (Wildman–Crippen MR) is 98.6 cm³/mol. The molecule has 0 bridgehead atoms. The lowest BCUT2D eigenvalue weighted by atomic mass is 9.98. The molecule has 2 aromatic rings. The molecule has 2 amide bonds. The van der Waals surface area contributed by atoms with E-state index in [-0.39, 0.29) is 11.6 Å². The zero-order chi connectivity index (χ0) is 20.2. The summed E-state index contributed by atoms with van der Waals surface area (Å²) in [6, 6.07) is 9.72. The summed E-state index contributed by atoms with van der Waals surface area (Å²) in [7, 11) is 0. The van der Waals surface area contributed by atoms with Crippen molar-refractivity contribution < 1.29 is 22.8 Å². The van der Waals surface area contributed by atoms with Crippen LogP contribution in [0.4, 0.5) is 24.5 Å². The number of hydrogen-bond acceptors (Lipinski definition) is 2. The lowest BCUT2D eigenvalue weighted by Gasteiger charge is -2.16.